The molecule has 0 amide bonds. The average Bonchev–Trinajstić information content (AvgIpc) is 2.78. The van der Waals surface area contributed by atoms with E-state index in [1.54, 1.807) is 0 Å². The highest BCUT2D eigenvalue weighted by molar-refractivity contribution is 6.00. The molecule has 0 saturated carbocycles. The van der Waals surface area contributed by atoms with Crippen LogP contribution in [0.2, 0.25) is 0 Å². The van der Waals surface area contributed by atoms with Gasteiger partial charge in [0.1, 0.15) is 12.0 Å². The molecule has 8 heteroatoms. The Morgan fingerprint density at radius 2 is 1.93 bits per heavy atom. The Hall–Kier alpha value is -2.42. The van der Waals surface area contributed by atoms with Crippen LogP contribution in [0.3, 0.4) is 0 Å². The van der Waals surface area contributed by atoms with Crippen molar-refractivity contribution in [2.24, 2.45) is 4.99 Å². The predicted molar refractivity (Wildman–Crippen MR) is 116 cm³/mol. The van der Waals surface area contributed by atoms with Crippen LogP contribution in [0.5, 0.6) is 0 Å². The molecule has 1 aromatic rings. The highest BCUT2D eigenvalue weighted by atomic mass is 16.5. The van der Waals surface area contributed by atoms with Crippen molar-refractivity contribution in [1.82, 2.24) is 20.1 Å². The molecule has 5 heterocycles. The molecule has 0 spiro atoms. The Bertz CT molecular complexity index is 838. The summed E-state index contributed by atoms with van der Waals surface area (Å²) in [4.78, 5) is 16.7. The van der Waals surface area contributed by atoms with E-state index >= 15 is 0 Å². The second-order valence-electron chi connectivity index (χ2n) is 8.25. The minimum absolute atomic E-state index is 0.0238. The predicted octanol–water partition coefficient (Wildman–Crippen LogP) is 1.40. The molecule has 3 atom stereocenters. The summed E-state index contributed by atoms with van der Waals surface area (Å²) >= 11 is 0. The zero-order valence-electron chi connectivity index (χ0n) is 17.7. The van der Waals surface area contributed by atoms with Crippen LogP contribution in [-0.4, -0.2) is 85.1 Å². The minimum Gasteiger partial charge on any atom is -0.379 e. The van der Waals surface area contributed by atoms with Crippen LogP contribution in [0.4, 0.5) is 5.69 Å². The van der Waals surface area contributed by atoms with E-state index in [0.717, 1.165) is 63.4 Å². The Labute approximate surface area is 177 Å². The Morgan fingerprint density at radius 1 is 1.13 bits per heavy atom. The fourth-order valence-corrected chi connectivity index (χ4v) is 4.67. The van der Waals surface area contributed by atoms with Crippen molar-refractivity contribution in [2.75, 3.05) is 50.8 Å². The van der Waals surface area contributed by atoms with Crippen molar-refractivity contribution in [3.05, 3.63) is 48.1 Å². The average molecular weight is 411 g/mol. The van der Waals surface area contributed by atoms with Crippen molar-refractivity contribution in [3.63, 3.8) is 0 Å². The van der Waals surface area contributed by atoms with Crippen LogP contribution < -0.4 is 10.2 Å². The standard InChI is InChI=1S/C22H30N6O2/c1-16-14-27(15-17(2)30-16)22-25-21(26-9-11-29-12-10-26)19-6-4-8-24-20(19)28(22)18-5-3-7-23-13-18/h3-7,13,16-17,21,24H,8-12,14-15H2,1-2H3. The normalized spacial score (nSPS) is 30.1. The largest absolute Gasteiger partial charge is 0.379 e. The third-order valence-electron chi connectivity index (χ3n) is 5.90. The number of nitrogens with one attached hydrogen (secondary N) is 1. The van der Waals surface area contributed by atoms with Crippen LogP contribution in [0.15, 0.2) is 53.1 Å². The number of pyridine rings is 1. The molecule has 2 saturated heterocycles. The monoisotopic (exact) mass is 410 g/mol. The van der Waals surface area contributed by atoms with Crippen molar-refractivity contribution in [2.45, 2.75) is 32.2 Å². The van der Waals surface area contributed by atoms with Crippen LogP contribution in [-0.2, 0) is 9.47 Å². The van der Waals surface area contributed by atoms with E-state index in [2.05, 4.69) is 57.1 Å². The summed E-state index contributed by atoms with van der Waals surface area (Å²) in [6, 6.07) is 4.07. The highest BCUT2D eigenvalue weighted by Crippen LogP contribution is 2.32. The van der Waals surface area contributed by atoms with Gasteiger partial charge in [0, 0.05) is 44.5 Å². The zero-order chi connectivity index (χ0) is 20.5. The number of hydrogen-bond donors (Lipinski definition) is 1. The Morgan fingerprint density at radius 3 is 2.67 bits per heavy atom. The molecule has 1 aromatic heterocycles. The number of rotatable bonds is 2. The van der Waals surface area contributed by atoms with Gasteiger partial charge in [-0.3, -0.25) is 14.8 Å². The van der Waals surface area contributed by atoms with Gasteiger partial charge >= 0.3 is 0 Å². The van der Waals surface area contributed by atoms with Crippen LogP contribution >= 0.6 is 0 Å². The molecule has 1 N–H and O–H groups in total. The number of aliphatic imine (C=N–C) groups is 1. The van der Waals surface area contributed by atoms with Gasteiger partial charge < -0.3 is 19.7 Å². The number of ether oxygens (including phenoxy) is 2. The molecule has 160 valence electrons. The first-order valence-corrected chi connectivity index (χ1v) is 10.9. The molecule has 4 aliphatic heterocycles. The summed E-state index contributed by atoms with van der Waals surface area (Å²) in [5.41, 5.74) is 2.21. The van der Waals surface area contributed by atoms with Gasteiger partial charge in [0.05, 0.1) is 37.3 Å². The van der Waals surface area contributed by atoms with Gasteiger partial charge in [-0.15, -0.1) is 0 Å². The summed E-state index contributed by atoms with van der Waals surface area (Å²) in [5.74, 6) is 2.06. The lowest BCUT2D eigenvalue weighted by molar-refractivity contribution is -0.0488. The maximum absolute atomic E-state index is 6.00. The third kappa shape index (κ3) is 3.71. The molecule has 0 radical (unpaired) electrons. The number of anilines is 1. The lowest BCUT2D eigenvalue weighted by Crippen LogP contribution is -2.58. The number of aromatic nitrogens is 1. The van der Waals surface area contributed by atoms with E-state index in [4.69, 9.17) is 14.5 Å². The van der Waals surface area contributed by atoms with E-state index < -0.39 is 0 Å². The molecule has 0 aliphatic carbocycles. The molecule has 30 heavy (non-hydrogen) atoms. The van der Waals surface area contributed by atoms with Crippen LogP contribution in [0, 0.1) is 0 Å². The summed E-state index contributed by atoms with van der Waals surface area (Å²) in [7, 11) is 0. The second-order valence-corrected chi connectivity index (χ2v) is 8.25. The number of nitrogens with zero attached hydrogens (tertiary/aromatic N) is 5. The number of morpholine rings is 2. The Balaban J connectivity index is 1.60. The smallest absolute Gasteiger partial charge is 0.209 e. The van der Waals surface area contributed by atoms with Gasteiger partial charge in [0.15, 0.2) is 0 Å². The lowest BCUT2D eigenvalue weighted by atomic mass is 10.1. The first-order valence-electron chi connectivity index (χ1n) is 10.9. The molecular weight excluding hydrogens is 380 g/mol. The van der Waals surface area contributed by atoms with Crippen LogP contribution in [0.1, 0.15) is 13.8 Å². The molecule has 8 nitrogen and oxygen atoms in total. The first kappa shape index (κ1) is 19.5. The lowest BCUT2D eigenvalue weighted by Gasteiger charge is -2.46. The van der Waals surface area contributed by atoms with Crippen LogP contribution in [0.25, 0.3) is 0 Å². The highest BCUT2D eigenvalue weighted by Gasteiger charge is 2.38. The van der Waals surface area contributed by atoms with E-state index in [0.29, 0.717) is 0 Å². The summed E-state index contributed by atoms with van der Waals surface area (Å²) in [6.07, 6.45) is 8.40. The Kier molecular flexibility index (Phi) is 5.45. The molecule has 5 rings (SSSR count). The molecular formula is C22H30N6O2. The summed E-state index contributed by atoms with van der Waals surface area (Å²) in [6.45, 7) is 9.96. The number of hydrogen-bond acceptors (Lipinski definition) is 8. The SMILES string of the molecule is CC1CN(C2=NC(N3CCOCC3)C3=C(NCC=C3)N2c2cccnc2)CC(C)O1. The molecule has 2 fully saturated rings. The number of guanidine groups is 1. The minimum atomic E-state index is -0.0238. The van der Waals surface area contributed by atoms with Gasteiger partial charge in [0.2, 0.25) is 5.96 Å². The maximum Gasteiger partial charge on any atom is 0.209 e. The maximum atomic E-state index is 6.00. The first-order chi connectivity index (χ1) is 14.7. The van der Waals surface area contributed by atoms with E-state index in [-0.39, 0.29) is 18.4 Å². The van der Waals surface area contributed by atoms with Crippen molar-refractivity contribution in [1.29, 1.82) is 0 Å². The van der Waals surface area contributed by atoms with Gasteiger partial charge in [-0.2, -0.15) is 0 Å². The number of dihydropyridines is 1. The molecule has 0 aromatic carbocycles. The zero-order valence-corrected chi connectivity index (χ0v) is 17.7. The molecule has 3 unspecified atom stereocenters. The van der Waals surface area contributed by atoms with Gasteiger partial charge in [0.25, 0.3) is 0 Å². The van der Waals surface area contributed by atoms with Crippen molar-refractivity contribution < 1.29 is 9.47 Å². The van der Waals surface area contributed by atoms with E-state index in [1.165, 1.54) is 5.57 Å². The molecule has 0 bridgehead atoms. The van der Waals surface area contributed by atoms with E-state index in [1.807, 2.05) is 18.5 Å². The van der Waals surface area contributed by atoms with Crippen molar-refractivity contribution in [3.8, 4) is 0 Å². The van der Waals surface area contributed by atoms with Gasteiger partial charge in [-0.05, 0) is 26.0 Å². The van der Waals surface area contributed by atoms with Gasteiger partial charge in [-0.1, -0.05) is 12.2 Å². The summed E-state index contributed by atoms with van der Waals surface area (Å²) < 4.78 is 11.6. The topological polar surface area (TPSA) is 65.5 Å². The third-order valence-corrected chi connectivity index (χ3v) is 5.90. The summed E-state index contributed by atoms with van der Waals surface area (Å²) in [5, 5.41) is 3.62. The van der Waals surface area contributed by atoms with Gasteiger partial charge in [-0.25, -0.2) is 4.99 Å². The second kappa shape index (κ2) is 8.37. The van der Waals surface area contributed by atoms with Crippen molar-refractivity contribution >= 4 is 11.6 Å². The quantitative estimate of drug-likeness (QED) is 0.791. The van der Waals surface area contributed by atoms with E-state index in [9.17, 15) is 0 Å². The molecule has 4 aliphatic rings. The fraction of sp³-hybridized carbons (Fsp3) is 0.545. The fourth-order valence-electron chi connectivity index (χ4n) is 4.67.